The fraction of sp³-hybridized carbons (Fsp3) is 0.269. The molecule has 4 aromatic rings. The lowest BCUT2D eigenvalue weighted by Crippen LogP contribution is -2.24. The summed E-state index contributed by atoms with van der Waals surface area (Å²) in [5.74, 6) is 1.07. The third-order valence-electron chi connectivity index (χ3n) is 6.08. The monoisotopic (exact) mass is 493 g/mol. The molecule has 3 heterocycles. The first kappa shape index (κ1) is 23.7. The number of nitrogens with zero attached hydrogens (tertiary/aromatic N) is 4. The summed E-state index contributed by atoms with van der Waals surface area (Å²) in [6, 6.07) is 14.0. The van der Waals surface area contributed by atoms with Gasteiger partial charge < -0.3 is 14.8 Å². The summed E-state index contributed by atoms with van der Waals surface area (Å²) < 4.78 is 41.6. The second-order valence-electron chi connectivity index (χ2n) is 8.56. The molecule has 0 spiro atoms. The predicted molar refractivity (Wildman–Crippen MR) is 130 cm³/mol. The van der Waals surface area contributed by atoms with Gasteiger partial charge in [-0.1, -0.05) is 6.07 Å². The molecule has 0 atom stereocenters. The first-order valence-corrected chi connectivity index (χ1v) is 11.7. The van der Waals surface area contributed by atoms with Crippen molar-refractivity contribution in [3.63, 3.8) is 0 Å². The van der Waals surface area contributed by atoms with Crippen molar-refractivity contribution in [3.05, 3.63) is 94.8 Å². The first-order chi connectivity index (χ1) is 17.6. The minimum atomic E-state index is -0.714. The normalized spacial score (nSPS) is 14.1. The van der Waals surface area contributed by atoms with Gasteiger partial charge >= 0.3 is 5.69 Å². The van der Waals surface area contributed by atoms with Gasteiger partial charge in [0.15, 0.2) is 0 Å². The largest absolute Gasteiger partial charge is 0.457 e. The van der Waals surface area contributed by atoms with Gasteiger partial charge in [-0.15, -0.1) is 0 Å². The molecule has 5 rings (SSSR count). The Hall–Kier alpha value is -4.05. The van der Waals surface area contributed by atoms with Crippen molar-refractivity contribution >= 4 is 5.82 Å². The highest BCUT2D eigenvalue weighted by Gasteiger charge is 2.15. The lowest BCUT2D eigenvalue weighted by Gasteiger charge is -2.22. The summed E-state index contributed by atoms with van der Waals surface area (Å²) >= 11 is 0. The Bertz CT molecular complexity index is 1360. The molecular weight excluding hydrogens is 468 g/mol. The summed E-state index contributed by atoms with van der Waals surface area (Å²) in [5, 5.41) is 7.44. The Morgan fingerprint density at radius 3 is 2.53 bits per heavy atom. The van der Waals surface area contributed by atoms with E-state index < -0.39 is 17.3 Å². The molecule has 0 aliphatic carbocycles. The molecule has 0 unspecified atom stereocenters. The van der Waals surface area contributed by atoms with E-state index in [1.54, 1.807) is 36.5 Å². The van der Waals surface area contributed by atoms with E-state index in [1.807, 2.05) is 6.07 Å². The van der Waals surface area contributed by atoms with Crippen LogP contribution in [0.2, 0.25) is 0 Å². The molecule has 1 fully saturated rings. The van der Waals surface area contributed by atoms with Crippen LogP contribution in [-0.4, -0.2) is 39.1 Å². The van der Waals surface area contributed by atoms with Gasteiger partial charge in [-0.05, 0) is 61.2 Å². The van der Waals surface area contributed by atoms with E-state index in [0.717, 1.165) is 59.8 Å². The van der Waals surface area contributed by atoms with Crippen LogP contribution in [0.1, 0.15) is 18.4 Å². The van der Waals surface area contributed by atoms with Gasteiger partial charge in [0, 0.05) is 37.6 Å². The Kier molecular flexibility index (Phi) is 7.03. The molecule has 1 aliphatic rings. The highest BCUT2D eigenvalue weighted by atomic mass is 19.1. The number of benzene rings is 2. The number of pyridine rings is 1. The van der Waals surface area contributed by atoms with Gasteiger partial charge in [-0.2, -0.15) is 9.78 Å². The predicted octanol–water partition coefficient (Wildman–Crippen LogP) is 4.39. The van der Waals surface area contributed by atoms with E-state index in [1.165, 1.54) is 12.4 Å². The van der Waals surface area contributed by atoms with E-state index in [9.17, 15) is 13.6 Å². The van der Waals surface area contributed by atoms with Crippen molar-refractivity contribution in [3.8, 4) is 17.2 Å². The summed E-state index contributed by atoms with van der Waals surface area (Å²) in [6.45, 7) is 2.18. The van der Waals surface area contributed by atoms with Crippen LogP contribution in [0.5, 0.6) is 11.5 Å². The quantitative estimate of drug-likeness (QED) is 0.392. The average Bonchev–Trinajstić information content (AvgIpc) is 3.26. The maximum atomic E-state index is 14.0. The third kappa shape index (κ3) is 5.44. The van der Waals surface area contributed by atoms with E-state index in [2.05, 4.69) is 15.4 Å². The molecule has 2 aromatic carbocycles. The van der Waals surface area contributed by atoms with Crippen molar-refractivity contribution in [2.75, 3.05) is 25.1 Å². The molecule has 0 saturated carbocycles. The first-order valence-electron chi connectivity index (χ1n) is 11.7. The summed E-state index contributed by atoms with van der Waals surface area (Å²) in [4.78, 5) is 17.1. The van der Waals surface area contributed by atoms with Crippen molar-refractivity contribution in [1.82, 2.24) is 19.3 Å². The van der Waals surface area contributed by atoms with E-state index in [-0.39, 0.29) is 12.1 Å². The smallest absolute Gasteiger partial charge is 0.350 e. The molecule has 0 amide bonds. The molecule has 186 valence electrons. The van der Waals surface area contributed by atoms with Crippen LogP contribution >= 0.6 is 0 Å². The number of rotatable bonds is 8. The summed E-state index contributed by atoms with van der Waals surface area (Å²) in [6.07, 6.45) is 5.01. The minimum Gasteiger partial charge on any atom is -0.457 e. The number of anilines is 1. The topological polar surface area (TPSA) is 83.2 Å². The maximum absolute atomic E-state index is 14.0. The Morgan fingerprint density at radius 2 is 1.78 bits per heavy atom. The average molecular weight is 494 g/mol. The molecule has 1 saturated heterocycles. The second kappa shape index (κ2) is 10.7. The molecule has 36 heavy (non-hydrogen) atoms. The Morgan fingerprint density at radius 1 is 1.03 bits per heavy atom. The van der Waals surface area contributed by atoms with E-state index >= 15 is 0 Å². The van der Waals surface area contributed by atoms with Crippen LogP contribution in [0, 0.1) is 17.6 Å². The maximum Gasteiger partial charge on any atom is 0.350 e. The fourth-order valence-electron chi connectivity index (χ4n) is 4.04. The number of nitrogens with one attached hydrogen (secondary N) is 1. The number of hydrogen-bond donors (Lipinski definition) is 1. The van der Waals surface area contributed by atoms with Crippen LogP contribution < -0.4 is 15.7 Å². The van der Waals surface area contributed by atoms with Crippen LogP contribution in [0.3, 0.4) is 0 Å². The van der Waals surface area contributed by atoms with Gasteiger partial charge in [0.05, 0.1) is 12.2 Å². The Balaban J connectivity index is 1.24. The number of ether oxygens (including phenoxy) is 2. The highest BCUT2D eigenvalue weighted by molar-refractivity contribution is 5.44. The zero-order chi connectivity index (χ0) is 24.9. The number of hydrogen-bond acceptors (Lipinski definition) is 6. The van der Waals surface area contributed by atoms with Crippen molar-refractivity contribution < 1.29 is 18.3 Å². The van der Waals surface area contributed by atoms with Crippen LogP contribution in [0.25, 0.3) is 5.69 Å². The lowest BCUT2D eigenvalue weighted by molar-refractivity contribution is 0.0699. The SMILES string of the molecule is O=c1n(Cc2c(F)cccc2F)cnn1-c1ccc(Oc2ccnc(NCC3CCOCC3)c2)cc1. The van der Waals surface area contributed by atoms with Gasteiger partial charge in [0.1, 0.15) is 35.3 Å². The third-order valence-corrected chi connectivity index (χ3v) is 6.08. The van der Waals surface area contributed by atoms with Crippen LogP contribution in [0.15, 0.2) is 71.9 Å². The lowest BCUT2D eigenvalue weighted by atomic mass is 10.0. The molecular formula is C26H25F2N5O3. The molecule has 0 bridgehead atoms. The van der Waals surface area contributed by atoms with Gasteiger partial charge in [0.25, 0.3) is 0 Å². The zero-order valence-electron chi connectivity index (χ0n) is 19.4. The van der Waals surface area contributed by atoms with Gasteiger partial charge in [0.2, 0.25) is 0 Å². The molecule has 8 nitrogen and oxygen atoms in total. The van der Waals surface area contributed by atoms with E-state index in [0.29, 0.717) is 23.1 Å². The number of aromatic nitrogens is 4. The zero-order valence-corrected chi connectivity index (χ0v) is 19.4. The van der Waals surface area contributed by atoms with E-state index in [4.69, 9.17) is 9.47 Å². The van der Waals surface area contributed by atoms with Gasteiger partial charge in [-0.25, -0.2) is 18.6 Å². The molecule has 2 aromatic heterocycles. The minimum absolute atomic E-state index is 0.193. The standard InChI is InChI=1S/C26H25F2N5O3/c27-23-2-1-3-24(28)22(23)16-32-17-31-33(26(32)34)19-4-6-20(7-5-19)36-21-8-11-29-25(14-21)30-15-18-9-12-35-13-10-18/h1-8,11,14,17-18H,9-10,12-13,15-16H2,(H,29,30). The van der Waals surface area contributed by atoms with Crippen molar-refractivity contribution in [2.45, 2.75) is 19.4 Å². The van der Waals surface area contributed by atoms with Crippen LogP contribution in [0.4, 0.5) is 14.6 Å². The molecule has 1 N–H and O–H groups in total. The molecule has 0 radical (unpaired) electrons. The Labute approximate surface area is 206 Å². The summed E-state index contributed by atoms with van der Waals surface area (Å²) in [7, 11) is 0. The van der Waals surface area contributed by atoms with Gasteiger partial charge in [-0.3, -0.25) is 4.57 Å². The highest BCUT2D eigenvalue weighted by Crippen LogP contribution is 2.24. The molecule has 10 heteroatoms. The van der Waals surface area contributed by atoms with Crippen molar-refractivity contribution in [1.29, 1.82) is 0 Å². The van der Waals surface area contributed by atoms with Crippen LogP contribution in [-0.2, 0) is 11.3 Å². The number of halogens is 2. The molecule has 1 aliphatic heterocycles. The second-order valence-corrected chi connectivity index (χ2v) is 8.56. The summed E-state index contributed by atoms with van der Waals surface area (Å²) in [5.41, 5.74) is -0.212. The fourth-order valence-corrected chi connectivity index (χ4v) is 4.04. The van der Waals surface area contributed by atoms with Crippen molar-refractivity contribution in [2.24, 2.45) is 5.92 Å².